The molecule has 1 heterocycles. The number of amides is 2. The van der Waals surface area contributed by atoms with E-state index in [0.29, 0.717) is 18.0 Å². The van der Waals surface area contributed by atoms with Gasteiger partial charge in [0.05, 0.1) is 17.2 Å². The molecule has 0 saturated carbocycles. The average Bonchev–Trinajstić information content (AvgIpc) is 3.14. The SMILES string of the molecule is Cc1ccccc1C(C)NC(=O)Nc1cccc(OCc2cscn2)c1. The Kier molecular flexibility index (Phi) is 5.86. The lowest BCUT2D eigenvalue weighted by atomic mass is 10.0. The van der Waals surface area contributed by atoms with Gasteiger partial charge in [0.1, 0.15) is 12.4 Å². The van der Waals surface area contributed by atoms with Crippen molar-refractivity contribution in [2.24, 2.45) is 0 Å². The molecule has 5 nitrogen and oxygen atoms in total. The second-order valence-corrected chi connectivity index (χ2v) is 6.69. The van der Waals surface area contributed by atoms with Crippen molar-refractivity contribution in [2.45, 2.75) is 26.5 Å². The molecule has 3 aromatic rings. The van der Waals surface area contributed by atoms with Crippen molar-refractivity contribution < 1.29 is 9.53 Å². The molecule has 0 radical (unpaired) electrons. The van der Waals surface area contributed by atoms with Gasteiger partial charge < -0.3 is 15.4 Å². The highest BCUT2D eigenvalue weighted by atomic mass is 32.1. The zero-order valence-corrected chi connectivity index (χ0v) is 15.5. The smallest absolute Gasteiger partial charge is 0.319 e. The Bertz CT molecular complexity index is 865. The Hall–Kier alpha value is -2.86. The topological polar surface area (TPSA) is 63.2 Å². The van der Waals surface area contributed by atoms with Gasteiger partial charge in [-0.3, -0.25) is 0 Å². The van der Waals surface area contributed by atoms with Crippen LogP contribution in [0.15, 0.2) is 59.4 Å². The summed E-state index contributed by atoms with van der Waals surface area (Å²) in [5.74, 6) is 0.683. The average molecular weight is 367 g/mol. The highest BCUT2D eigenvalue weighted by Gasteiger charge is 2.11. The van der Waals surface area contributed by atoms with Gasteiger partial charge in [-0.25, -0.2) is 9.78 Å². The fraction of sp³-hybridized carbons (Fsp3) is 0.200. The van der Waals surface area contributed by atoms with E-state index in [9.17, 15) is 4.79 Å². The highest BCUT2D eigenvalue weighted by Crippen LogP contribution is 2.20. The molecule has 1 unspecified atom stereocenters. The monoisotopic (exact) mass is 367 g/mol. The van der Waals surface area contributed by atoms with Crippen molar-refractivity contribution in [3.05, 3.63) is 76.2 Å². The minimum atomic E-state index is -0.252. The Labute approximate surface area is 157 Å². The third-order valence-corrected chi connectivity index (χ3v) is 4.60. The van der Waals surface area contributed by atoms with Crippen LogP contribution in [0.5, 0.6) is 5.75 Å². The van der Waals surface area contributed by atoms with Gasteiger partial charge in [0, 0.05) is 17.1 Å². The number of aryl methyl sites for hydroxylation is 1. The second-order valence-electron chi connectivity index (χ2n) is 5.97. The third kappa shape index (κ3) is 4.83. The summed E-state index contributed by atoms with van der Waals surface area (Å²) >= 11 is 1.53. The van der Waals surface area contributed by atoms with E-state index in [1.165, 1.54) is 11.3 Å². The molecule has 134 valence electrons. The summed E-state index contributed by atoms with van der Waals surface area (Å²) in [5, 5.41) is 7.76. The second kappa shape index (κ2) is 8.49. The molecule has 0 bridgehead atoms. The maximum Gasteiger partial charge on any atom is 0.319 e. The van der Waals surface area contributed by atoms with Crippen LogP contribution < -0.4 is 15.4 Å². The number of urea groups is 1. The molecule has 0 aliphatic rings. The molecule has 1 atom stereocenters. The zero-order valence-electron chi connectivity index (χ0n) is 14.7. The first-order valence-electron chi connectivity index (χ1n) is 8.35. The van der Waals surface area contributed by atoms with E-state index in [1.54, 1.807) is 11.6 Å². The summed E-state index contributed by atoms with van der Waals surface area (Å²) in [6, 6.07) is 15.0. The van der Waals surface area contributed by atoms with Gasteiger partial charge >= 0.3 is 6.03 Å². The number of rotatable bonds is 6. The number of hydrogen-bond acceptors (Lipinski definition) is 4. The van der Waals surface area contributed by atoms with Crippen LogP contribution in [0.3, 0.4) is 0 Å². The van der Waals surface area contributed by atoms with E-state index < -0.39 is 0 Å². The number of aromatic nitrogens is 1. The van der Waals surface area contributed by atoms with E-state index in [0.717, 1.165) is 16.8 Å². The Morgan fingerprint density at radius 2 is 2.08 bits per heavy atom. The number of anilines is 1. The number of carbonyl (C=O) groups excluding carboxylic acids is 1. The molecule has 0 spiro atoms. The van der Waals surface area contributed by atoms with E-state index in [4.69, 9.17) is 4.74 Å². The van der Waals surface area contributed by atoms with Crippen LogP contribution in [0.4, 0.5) is 10.5 Å². The van der Waals surface area contributed by atoms with Gasteiger partial charge in [0.25, 0.3) is 0 Å². The molecule has 2 amide bonds. The molecule has 3 rings (SSSR count). The summed E-state index contributed by atoms with van der Waals surface area (Å²) in [5.41, 5.74) is 5.59. The van der Waals surface area contributed by atoms with Gasteiger partial charge in [-0.15, -0.1) is 11.3 Å². The van der Waals surface area contributed by atoms with E-state index in [-0.39, 0.29) is 12.1 Å². The lowest BCUT2D eigenvalue weighted by Gasteiger charge is -2.17. The predicted molar refractivity (Wildman–Crippen MR) is 105 cm³/mol. The van der Waals surface area contributed by atoms with Crippen LogP contribution in [0, 0.1) is 6.92 Å². The number of hydrogen-bond donors (Lipinski definition) is 2. The molecular weight excluding hydrogens is 346 g/mol. The Morgan fingerprint density at radius 1 is 1.23 bits per heavy atom. The number of nitrogens with zero attached hydrogens (tertiary/aromatic N) is 1. The van der Waals surface area contributed by atoms with Gasteiger partial charge in [-0.2, -0.15) is 0 Å². The van der Waals surface area contributed by atoms with Crippen molar-refractivity contribution in [1.29, 1.82) is 0 Å². The number of nitrogens with one attached hydrogen (secondary N) is 2. The van der Waals surface area contributed by atoms with Crippen molar-refractivity contribution in [3.8, 4) is 5.75 Å². The van der Waals surface area contributed by atoms with Crippen molar-refractivity contribution >= 4 is 23.1 Å². The van der Waals surface area contributed by atoms with E-state index in [1.807, 2.05) is 61.7 Å². The maximum atomic E-state index is 12.3. The van der Waals surface area contributed by atoms with E-state index >= 15 is 0 Å². The summed E-state index contributed by atoms with van der Waals surface area (Å²) in [7, 11) is 0. The molecule has 2 N–H and O–H groups in total. The zero-order chi connectivity index (χ0) is 18.4. The van der Waals surface area contributed by atoms with Gasteiger partial charge in [-0.05, 0) is 37.1 Å². The molecular formula is C20H21N3O2S. The van der Waals surface area contributed by atoms with Crippen LogP contribution in [-0.4, -0.2) is 11.0 Å². The van der Waals surface area contributed by atoms with Gasteiger partial charge in [0.2, 0.25) is 0 Å². The van der Waals surface area contributed by atoms with Crippen molar-refractivity contribution in [2.75, 3.05) is 5.32 Å². The van der Waals surface area contributed by atoms with Crippen LogP contribution in [0.25, 0.3) is 0 Å². The molecule has 0 aliphatic carbocycles. The predicted octanol–water partition coefficient (Wildman–Crippen LogP) is 4.91. The summed E-state index contributed by atoms with van der Waals surface area (Å²) in [6.45, 7) is 4.41. The minimum absolute atomic E-state index is 0.0831. The quantitative estimate of drug-likeness (QED) is 0.650. The fourth-order valence-electron chi connectivity index (χ4n) is 2.64. The molecule has 0 aliphatic heterocycles. The van der Waals surface area contributed by atoms with Crippen molar-refractivity contribution in [3.63, 3.8) is 0 Å². The Morgan fingerprint density at radius 3 is 2.85 bits per heavy atom. The van der Waals surface area contributed by atoms with Crippen LogP contribution in [0.2, 0.25) is 0 Å². The molecule has 26 heavy (non-hydrogen) atoms. The number of benzene rings is 2. The molecule has 2 aromatic carbocycles. The molecule has 0 saturated heterocycles. The van der Waals surface area contributed by atoms with Crippen molar-refractivity contribution in [1.82, 2.24) is 10.3 Å². The summed E-state index contributed by atoms with van der Waals surface area (Å²) in [6.07, 6.45) is 0. The normalized spacial score (nSPS) is 11.6. The minimum Gasteiger partial charge on any atom is -0.487 e. The fourth-order valence-corrected chi connectivity index (χ4v) is 3.19. The number of carbonyl (C=O) groups is 1. The first kappa shape index (κ1) is 17.9. The van der Waals surface area contributed by atoms with Gasteiger partial charge in [0.15, 0.2) is 0 Å². The molecule has 1 aromatic heterocycles. The molecule has 0 fully saturated rings. The largest absolute Gasteiger partial charge is 0.487 e. The number of ether oxygens (including phenoxy) is 1. The lowest BCUT2D eigenvalue weighted by Crippen LogP contribution is -2.31. The van der Waals surface area contributed by atoms with Crippen LogP contribution in [-0.2, 0) is 6.61 Å². The lowest BCUT2D eigenvalue weighted by molar-refractivity contribution is 0.249. The van der Waals surface area contributed by atoms with Crippen LogP contribution in [0.1, 0.15) is 29.8 Å². The summed E-state index contributed by atoms with van der Waals surface area (Å²) < 4.78 is 5.71. The number of thiazole rings is 1. The highest BCUT2D eigenvalue weighted by molar-refractivity contribution is 7.07. The standard InChI is InChI=1S/C20H21N3O2S/c1-14-6-3-4-9-19(14)15(2)22-20(24)23-16-7-5-8-18(10-16)25-11-17-12-26-13-21-17/h3-10,12-13,15H,11H2,1-2H3,(H2,22,23,24). The van der Waals surface area contributed by atoms with Gasteiger partial charge in [-0.1, -0.05) is 30.3 Å². The third-order valence-electron chi connectivity index (χ3n) is 3.96. The van der Waals surface area contributed by atoms with E-state index in [2.05, 4.69) is 15.6 Å². The molecule has 6 heteroatoms. The Balaban J connectivity index is 1.57. The first-order valence-corrected chi connectivity index (χ1v) is 9.29. The maximum absolute atomic E-state index is 12.3. The summed E-state index contributed by atoms with van der Waals surface area (Å²) in [4.78, 5) is 16.5. The first-order chi connectivity index (χ1) is 12.6. The van der Waals surface area contributed by atoms with Crippen LogP contribution >= 0.6 is 11.3 Å².